The molecule has 0 aliphatic carbocycles. The molecule has 0 saturated heterocycles. The summed E-state index contributed by atoms with van der Waals surface area (Å²) in [7, 11) is 1.54. The minimum absolute atomic E-state index is 0.504. The van der Waals surface area contributed by atoms with Crippen LogP contribution < -0.4 is 4.74 Å². The number of hydrogen-bond acceptors (Lipinski definition) is 4. The Balaban J connectivity index is 1.88. The molecule has 0 atom stereocenters. The highest BCUT2D eigenvalue weighted by Crippen LogP contribution is 2.36. The Hall–Kier alpha value is -2.54. The van der Waals surface area contributed by atoms with Crippen molar-refractivity contribution in [2.75, 3.05) is 7.11 Å². The molecule has 0 aliphatic heterocycles. The number of aromatic nitrogens is 2. The molecule has 0 aliphatic rings. The van der Waals surface area contributed by atoms with E-state index >= 15 is 0 Å². The van der Waals surface area contributed by atoms with Crippen molar-refractivity contribution in [3.63, 3.8) is 0 Å². The van der Waals surface area contributed by atoms with E-state index in [0.717, 1.165) is 23.3 Å². The van der Waals surface area contributed by atoms with Crippen LogP contribution in [0.15, 0.2) is 70.8 Å². The molecular weight excluding hydrogens is 349 g/mol. The molecule has 0 spiro atoms. The molecule has 0 N–H and O–H groups in total. The molecule has 128 valence electrons. The molecule has 2 heterocycles. The summed E-state index contributed by atoms with van der Waals surface area (Å²) in [5, 5.41) is 0.689. The average molecular weight is 362 g/mol. The van der Waals surface area contributed by atoms with Crippen LogP contribution in [0.3, 0.4) is 0 Å². The summed E-state index contributed by atoms with van der Waals surface area (Å²) in [6.07, 6.45) is -1.02. The van der Waals surface area contributed by atoms with E-state index < -0.39 is 11.7 Å². The van der Waals surface area contributed by atoms with Crippen molar-refractivity contribution in [3.8, 4) is 17.0 Å². The lowest BCUT2D eigenvalue weighted by molar-refractivity contribution is -0.137. The third kappa shape index (κ3) is 4.11. The van der Waals surface area contributed by atoms with E-state index in [0.29, 0.717) is 15.8 Å². The van der Waals surface area contributed by atoms with Crippen LogP contribution in [-0.2, 0) is 6.18 Å². The quantitative estimate of drug-likeness (QED) is 0.629. The summed E-state index contributed by atoms with van der Waals surface area (Å²) in [6.45, 7) is 0. The summed E-state index contributed by atoms with van der Waals surface area (Å²) in [5.41, 5.74) is 1.03. The van der Waals surface area contributed by atoms with Gasteiger partial charge in [-0.05, 0) is 36.4 Å². The van der Waals surface area contributed by atoms with Crippen molar-refractivity contribution in [1.82, 2.24) is 9.97 Å². The molecule has 3 rings (SSSR count). The second-order valence-corrected chi connectivity index (χ2v) is 6.13. The largest absolute Gasteiger partial charge is 0.481 e. The third-order valence-corrected chi connectivity index (χ3v) is 4.45. The van der Waals surface area contributed by atoms with Gasteiger partial charge in [-0.15, -0.1) is 0 Å². The molecule has 25 heavy (non-hydrogen) atoms. The number of benzene rings is 1. The Labute approximate surface area is 146 Å². The number of halogens is 3. The maximum absolute atomic E-state index is 12.7. The third-order valence-electron chi connectivity index (χ3n) is 3.42. The maximum atomic E-state index is 12.7. The van der Waals surface area contributed by atoms with Gasteiger partial charge in [0, 0.05) is 34.5 Å². The van der Waals surface area contributed by atoms with Gasteiger partial charge in [-0.2, -0.15) is 13.2 Å². The Morgan fingerprint density at radius 1 is 0.960 bits per heavy atom. The predicted octanol–water partition coefficient (Wildman–Crippen LogP) is 5.32. The second-order valence-electron chi connectivity index (χ2n) is 5.07. The number of alkyl halides is 3. The van der Waals surface area contributed by atoms with Crippen molar-refractivity contribution in [3.05, 3.63) is 66.5 Å². The van der Waals surface area contributed by atoms with Gasteiger partial charge in [0.1, 0.15) is 5.03 Å². The summed E-state index contributed by atoms with van der Waals surface area (Å²) in [4.78, 5) is 9.20. The maximum Gasteiger partial charge on any atom is 0.416 e. The highest BCUT2D eigenvalue weighted by atomic mass is 32.2. The lowest BCUT2D eigenvalue weighted by Gasteiger charge is -2.10. The average Bonchev–Trinajstić information content (AvgIpc) is 2.62. The Bertz CT molecular complexity index is 849. The molecule has 0 unspecified atom stereocenters. The van der Waals surface area contributed by atoms with Gasteiger partial charge in [0.25, 0.3) is 0 Å². The highest BCUT2D eigenvalue weighted by molar-refractivity contribution is 7.99. The van der Waals surface area contributed by atoms with E-state index in [1.165, 1.54) is 31.0 Å². The number of methoxy groups -OCH3 is 1. The van der Waals surface area contributed by atoms with Gasteiger partial charge in [-0.25, -0.2) is 9.97 Å². The number of ether oxygens (including phenoxy) is 1. The number of pyridine rings is 2. The van der Waals surface area contributed by atoms with Crippen molar-refractivity contribution in [2.45, 2.75) is 16.1 Å². The van der Waals surface area contributed by atoms with Crippen molar-refractivity contribution in [1.29, 1.82) is 0 Å². The second kappa shape index (κ2) is 7.14. The van der Waals surface area contributed by atoms with E-state index in [1.54, 1.807) is 24.5 Å². The fraction of sp³-hybridized carbons (Fsp3) is 0.111. The Morgan fingerprint density at radius 2 is 1.72 bits per heavy atom. The molecule has 1 aromatic carbocycles. The zero-order chi connectivity index (χ0) is 17.9. The van der Waals surface area contributed by atoms with E-state index in [-0.39, 0.29) is 0 Å². The van der Waals surface area contributed by atoms with Gasteiger partial charge in [-0.3, -0.25) is 0 Å². The fourth-order valence-electron chi connectivity index (χ4n) is 2.18. The van der Waals surface area contributed by atoms with Gasteiger partial charge < -0.3 is 4.74 Å². The Kier molecular flexibility index (Phi) is 4.94. The van der Waals surface area contributed by atoms with Crippen molar-refractivity contribution < 1.29 is 17.9 Å². The molecule has 0 radical (unpaired) electrons. The molecule has 2 aromatic heterocycles. The van der Waals surface area contributed by atoms with Crippen molar-refractivity contribution in [2.24, 2.45) is 0 Å². The Morgan fingerprint density at radius 3 is 2.32 bits per heavy atom. The van der Waals surface area contributed by atoms with E-state index in [1.807, 2.05) is 12.1 Å². The smallest absolute Gasteiger partial charge is 0.416 e. The standard InChI is InChI=1S/C18H13F3N2OS/c1-24-16-9-4-12(11-23-16)15-3-2-10-22-17(15)25-14-7-5-13(6-8-14)18(19,20)21/h2-11H,1H3. The SMILES string of the molecule is COc1ccc(-c2cccnc2Sc2ccc(C(F)(F)F)cc2)cn1. The van der Waals surface area contributed by atoms with Crippen LogP contribution in [0.2, 0.25) is 0 Å². The molecule has 3 nitrogen and oxygen atoms in total. The fourth-order valence-corrected chi connectivity index (χ4v) is 3.08. The number of hydrogen-bond donors (Lipinski definition) is 0. The highest BCUT2D eigenvalue weighted by Gasteiger charge is 2.30. The first-order valence-electron chi connectivity index (χ1n) is 7.28. The topological polar surface area (TPSA) is 35.0 Å². The minimum atomic E-state index is -4.34. The number of rotatable bonds is 4. The normalized spacial score (nSPS) is 11.4. The van der Waals surface area contributed by atoms with Crippen molar-refractivity contribution >= 4 is 11.8 Å². The predicted molar refractivity (Wildman–Crippen MR) is 89.6 cm³/mol. The van der Waals surface area contributed by atoms with Crippen LogP contribution in [0.25, 0.3) is 11.1 Å². The molecule has 7 heteroatoms. The van der Waals surface area contributed by atoms with Crippen LogP contribution in [0.1, 0.15) is 5.56 Å². The summed E-state index contributed by atoms with van der Waals surface area (Å²) < 4.78 is 43.0. The van der Waals surface area contributed by atoms with Crippen LogP contribution >= 0.6 is 11.8 Å². The van der Waals surface area contributed by atoms with Gasteiger partial charge in [0.05, 0.1) is 12.7 Å². The van der Waals surface area contributed by atoms with Gasteiger partial charge >= 0.3 is 6.18 Å². The number of nitrogens with zero attached hydrogens (tertiary/aromatic N) is 2. The lowest BCUT2D eigenvalue weighted by Crippen LogP contribution is -2.03. The van der Waals surface area contributed by atoms with E-state index in [2.05, 4.69) is 9.97 Å². The van der Waals surface area contributed by atoms with Gasteiger partial charge in [-0.1, -0.05) is 17.8 Å². The lowest BCUT2D eigenvalue weighted by atomic mass is 10.1. The summed E-state index contributed by atoms with van der Waals surface area (Å²) >= 11 is 1.30. The zero-order valence-corrected chi connectivity index (χ0v) is 13.9. The van der Waals surface area contributed by atoms with Crippen LogP contribution in [0.5, 0.6) is 5.88 Å². The molecule has 0 amide bonds. The van der Waals surface area contributed by atoms with Crippen LogP contribution in [0, 0.1) is 0 Å². The van der Waals surface area contributed by atoms with Crippen LogP contribution in [0.4, 0.5) is 13.2 Å². The minimum Gasteiger partial charge on any atom is -0.481 e. The van der Waals surface area contributed by atoms with E-state index in [4.69, 9.17) is 4.74 Å². The van der Waals surface area contributed by atoms with Crippen LogP contribution in [-0.4, -0.2) is 17.1 Å². The first-order valence-corrected chi connectivity index (χ1v) is 8.09. The first kappa shape index (κ1) is 17.3. The molecule has 0 fully saturated rings. The monoisotopic (exact) mass is 362 g/mol. The first-order chi connectivity index (χ1) is 12.0. The van der Waals surface area contributed by atoms with Gasteiger partial charge in [0.15, 0.2) is 0 Å². The van der Waals surface area contributed by atoms with E-state index in [9.17, 15) is 13.2 Å². The molecular formula is C18H13F3N2OS. The summed E-state index contributed by atoms with van der Waals surface area (Å²) in [5.74, 6) is 0.504. The zero-order valence-electron chi connectivity index (χ0n) is 13.1. The van der Waals surface area contributed by atoms with Gasteiger partial charge in [0.2, 0.25) is 5.88 Å². The molecule has 3 aromatic rings. The summed E-state index contributed by atoms with van der Waals surface area (Å²) in [6, 6.07) is 12.3. The molecule has 0 saturated carbocycles. The molecule has 0 bridgehead atoms.